The summed E-state index contributed by atoms with van der Waals surface area (Å²) in [7, 11) is 0. The van der Waals surface area contributed by atoms with Gasteiger partial charge in [0.1, 0.15) is 5.75 Å². The number of carbonyl (C=O) groups is 1. The number of esters is 1. The van der Waals surface area contributed by atoms with Gasteiger partial charge in [-0.2, -0.15) is 0 Å². The number of hydrogen-bond acceptors (Lipinski definition) is 5. The van der Waals surface area contributed by atoms with Crippen molar-refractivity contribution in [3.8, 4) is 17.1 Å². The van der Waals surface area contributed by atoms with Crippen LogP contribution in [0.15, 0.2) is 36.7 Å². The van der Waals surface area contributed by atoms with Crippen LogP contribution in [-0.4, -0.2) is 28.6 Å². The average molecular weight is 385 g/mol. The van der Waals surface area contributed by atoms with Gasteiger partial charge < -0.3 is 9.47 Å². The van der Waals surface area contributed by atoms with E-state index < -0.39 is 6.10 Å². The monoisotopic (exact) mass is 384 g/mol. The second-order valence-corrected chi connectivity index (χ2v) is 7.04. The van der Waals surface area contributed by atoms with Crippen LogP contribution in [-0.2, 0) is 16.0 Å². The van der Waals surface area contributed by atoms with Gasteiger partial charge in [-0.05, 0) is 49.6 Å². The molecule has 1 atom stereocenters. The molecule has 1 aromatic heterocycles. The topological polar surface area (TPSA) is 61.3 Å². The van der Waals surface area contributed by atoms with E-state index in [0.717, 1.165) is 36.8 Å². The molecule has 2 rings (SSSR count). The average Bonchev–Trinajstić information content (AvgIpc) is 2.72. The molecular formula is C23H32N2O3. The van der Waals surface area contributed by atoms with Crippen molar-refractivity contribution in [3.05, 3.63) is 42.2 Å². The summed E-state index contributed by atoms with van der Waals surface area (Å²) in [5.74, 6) is 0.786. The van der Waals surface area contributed by atoms with E-state index in [1.165, 1.54) is 19.3 Å². The fourth-order valence-electron chi connectivity index (χ4n) is 2.83. The smallest absolute Gasteiger partial charge is 0.340 e. The number of hydrogen-bond donors (Lipinski definition) is 0. The lowest BCUT2D eigenvalue weighted by Gasteiger charge is -2.12. The summed E-state index contributed by atoms with van der Waals surface area (Å²) in [6.07, 6.45) is 11.0. The number of aryl methyl sites for hydroxylation is 1. The molecule has 0 saturated carbocycles. The predicted octanol–water partition coefficient (Wildman–Crippen LogP) is 5.38. The van der Waals surface area contributed by atoms with Crippen molar-refractivity contribution in [2.75, 3.05) is 6.61 Å². The number of ether oxygens (including phenoxy) is 2. The van der Waals surface area contributed by atoms with Crippen LogP contribution in [0.4, 0.5) is 0 Å². The molecule has 5 heteroatoms. The summed E-state index contributed by atoms with van der Waals surface area (Å²) in [5, 5.41) is 0. The van der Waals surface area contributed by atoms with Crippen molar-refractivity contribution in [1.29, 1.82) is 0 Å². The molecule has 0 bridgehead atoms. The van der Waals surface area contributed by atoms with Gasteiger partial charge in [0.15, 0.2) is 11.9 Å². The van der Waals surface area contributed by atoms with Gasteiger partial charge in [0.2, 0.25) is 0 Å². The molecule has 1 aromatic carbocycles. The highest BCUT2D eigenvalue weighted by Crippen LogP contribution is 2.20. The summed E-state index contributed by atoms with van der Waals surface area (Å²) < 4.78 is 11.0. The number of aromatic nitrogens is 2. The minimum Gasteiger partial charge on any atom is -0.425 e. The van der Waals surface area contributed by atoms with Crippen LogP contribution >= 0.6 is 0 Å². The SMILES string of the molecule is CCCCCCCOC(C)C(=O)Oc1ccc(-c2ncc(CCC)cn2)cc1. The molecule has 0 aliphatic carbocycles. The van der Waals surface area contributed by atoms with Crippen LogP contribution < -0.4 is 4.74 Å². The highest BCUT2D eigenvalue weighted by Gasteiger charge is 2.16. The maximum absolute atomic E-state index is 12.2. The molecule has 1 unspecified atom stereocenters. The van der Waals surface area contributed by atoms with E-state index in [-0.39, 0.29) is 5.97 Å². The first-order chi connectivity index (χ1) is 13.6. The van der Waals surface area contributed by atoms with Gasteiger partial charge in [-0.15, -0.1) is 0 Å². The Hall–Kier alpha value is -2.27. The Bertz CT molecular complexity index is 699. The van der Waals surface area contributed by atoms with Gasteiger partial charge >= 0.3 is 5.97 Å². The van der Waals surface area contributed by atoms with Crippen molar-refractivity contribution in [3.63, 3.8) is 0 Å². The molecular weight excluding hydrogens is 352 g/mol. The lowest BCUT2D eigenvalue weighted by molar-refractivity contribution is -0.146. The van der Waals surface area contributed by atoms with Gasteiger partial charge in [0.25, 0.3) is 0 Å². The Balaban J connectivity index is 1.80. The van der Waals surface area contributed by atoms with Crippen LogP contribution in [0.5, 0.6) is 5.75 Å². The third kappa shape index (κ3) is 7.39. The maximum atomic E-state index is 12.2. The molecule has 152 valence electrons. The third-order valence-electron chi connectivity index (χ3n) is 4.52. The van der Waals surface area contributed by atoms with Crippen molar-refractivity contribution in [2.45, 2.75) is 71.8 Å². The first-order valence-corrected chi connectivity index (χ1v) is 10.4. The molecule has 0 aliphatic heterocycles. The molecule has 28 heavy (non-hydrogen) atoms. The number of rotatable bonds is 12. The highest BCUT2D eigenvalue weighted by atomic mass is 16.6. The molecule has 0 spiro atoms. The van der Waals surface area contributed by atoms with E-state index >= 15 is 0 Å². The minimum absolute atomic E-state index is 0.374. The molecule has 1 heterocycles. The fraction of sp³-hybridized carbons (Fsp3) is 0.522. The van der Waals surface area contributed by atoms with Crippen molar-refractivity contribution < 1.29 is 14.3 Å². The van der Waals surface area contributed by atoms with E-state index in [1.54, 1.807) is 19.1 Å². The van der Waals surface area contributed by atoms with Gasteiger partial charge in [0.05, 0.1) is 0 Å². The number of nitrogens with zero attached hydrogens (tertiary/aromatic N) is 2. The van der Waals surface area contributed by atoms with E-state index in [4.69, 9.17) is 9.47 Å². The Morgan fingerprint density at radius 2 is 1.64 bits per heavy atom. The fourth-order valence-corrected chi connectivity index (χ4v) is 2.83. The Morgan fingerprint density at radius 3 is 2.29 bits per heavy atom. The molecule has 0 saturated heterocycles. The van der Waals surface area contributed by atoms with Crippen molar-refractivity contribution in [2.24, 2.45) is 0 Å². The molecule has 2 aromatic rings. The van der Waals surface area contributed by atoms with E-state index in [1.807, 2.05) is 24.5 Å². The lowest BCUT2D eigenvalue weighted by Crippen LogP contribution is -2.26. The van der Waals surface area contributed by atoms with E-state index in [2.05, 4.69) is 23.8 Å². The quantitative estimate of drug-likeness (QED) is 0.279. The Morgan fingerprint density at radius 1 is 0.964 bits per heavy atom. The van der Waals surface area contributed by atoms with Gasteiger partial charge in [-0.1, -0.05) is 46.0 Å². The van der Waals surface area contributed by atoms with Crippen LogP contribution in [0.3, 0.4) is 0 Å². The second-order valence-electron chi connectivity index (χ2n) is 7.04. The van der Waals surface area contributed by atoms with Gasteiger partial charge in [-0.3, -0.25) is 0 Å². The lowest BCUT2D eigenvalue weighted by atomic mass is 10.2. The zero-order valence-corrected chi connectivity index (χ0v) is 17.3. The Kier molecular flexibility index (Phi) is 9.63. The van der Waals surface area contributed by atoms with Gasteiger partial charge in [-0.25, -0.2) is 14.8 Å². The van der Waals surface area contributed by atoms with Crippen LogP contribution in [0.1, 0.15) is 64.9 Å². The second kappa shape index (κ2) is 12.2. The third-order valence-corrected chi connectivity index (χ3v) is 4.52. The normalized spacial score (nSPS) is 12.0. The maximum Gasteiger partial charge on any atom is 0.340 e. The van der Waals surface area contributed by atoms with Crippen LogP contribution in [0.25, 0.3) is 11.4 Å². The molecule has 0 radical (unpaired) electrons. The number of unbranched alkanes of at least 4 members (excludes halogenated alkanes) is 4. The summed E-state index contributed by atoms with van der Waals surface area (Å²) >= 11 is 0. The zero-order valence-electron chi connectivity index (χ0n) is 17.3. The van der Waals surface area contributed by atoms with E-state index in [9.17, 15) is 4.79 Å². The predicted molar refractivity (Wildman–Crippen MR) is 111 cm³/mol. The number of benzene rings is 1. The Labute approximate surface area is 168 Å². The minimum atomic E-state index is -0.569. The van der Waals surface area contributed by atoms with Crippen LogP contribution in [0.2, 0.25) is 0 Å². The molecule has 0 amide bonds. The zero-order chi connectivity index (χ0) is 20.2. The summed E-state index contributed by atoms with van der Waals surface area (Å²) in [4.78, 5) is 21.0. The summed E-state index contributed by atoms with van der Waals surface area (Å²) in [6.45, 7) is 6.64. The standard InChI is InChI=1S/C23H32N2O3/c1-4-6-7-8-9-15-27-18(3)23(26)28-21-13-11-20(12-14-21)22-24-16-19(10-5-2)17-25-22/h11-14,16-18H,4-10,15H2,1-3H3. The molecule has 0 fully saturated rings. The molecule has 0 N–H and O–H groups in total. The first-order valence-electron chi connectivity index (χ1n) is 10.4. The highest BCUT2D eigenvalue weighted by molar-refractivity contribution is 5.77. The van der Waals surface area contributed by atoms with Crippen molar-refractivity contribution >= 4 is 5.97 Å². The number of carbonyl (C=O) groups excluding carboxylic acids is 1. The summed E-state index contributed by atoms with van der Waals surface area (Å²) in [5.41, 5.74) is 2.02. The molecule has 5 nitrogen and oxygen atoms in total. The first kappa shape index (κ1) is 22.0. The van der Waals surface area contributed by atoms with Crippen molar-refractivity contribution in [1.82, 2.24) is 9.97 Å². The largest absolute Gasteiger partial charge is 0.425 e. The molecule has 0 aliphatic rings. The van der Waals surface area contributed by atoms with Crippen LogP contribution in [0, 0.1) is 0 Å². The summed E-state index contributed by atoms with van der Waals surface area (Å²) in [6, 6.07) is 7.23. The van der Waals surface area contributed by atoms with E-state index in [0.29, 0.717) is 18.2 Å². The van der Waals surface area contributed by atoms with Gasteiger partial charge in [0, 0.05) is 24.6 Å².